The molecular weight excluding hydrogens is 232 g/mol. The van der Waals surface area contributed by atoms with Crippen LogP contribution in [0.2, 0.25) is 0 Å². The third-order valence-corrected chi connectivity index (χ3v) is 3.35. The van der Waals surface area contributed by atoms with Crippen molar-refractivity contribution in [3.63, 3.8) is 0 Å². The van der Waals surface area contributed by atoms with Crippen LogP contribution < -0.4 is 0 Å². The molecule has 0 aliphatic heterocycles. The van der Waals surface area contributed by atoms with Gasteiger partial charge in [-0.15, -0.1) is 0 Å². The fourth-order valence-corrected chi connectivity index (χ4v) is 1.88. The van der Waals surface area contributed by atoms with Gasteiger partial charge in [-0.1, -0.05) is 58.9 Å². The number of benzene rings is 1. The van der Waals surface area contributed by atoms with Gasteiger partial charge < -0.3 is 0 Å². The number of aromatic nitrogens is 2. The molecule has 0 radical (unpaired) electrons. The Morgan fingerprint density at radius 3 is 1.84 bits per heavy atom. The fraction of sp³-hybridized carbons (Fsp3) is 0.412. The average molecular weight is 254 g/mol. The van der Waals surface area contributed by atoms with E-state index in [4.69, 9.17) is 0 Å². The molecule has 0 saturated carbocycles. The van der Waals surface area contributed by atoms with Crippen LogP contribution >= 0.6 is 0 Å². The van der Waals surface area contributed by atoms with Gasteiger partial charge in [-0.3, -0.25) is 0 Å². The van der Waals surface area contributed by atoms with Gasteiger partial charge in [-0.2, -0.15) is 0 Å². The van der Waals surface area contributed by atoms with Crippen LogP contribution in [0.4, 0.5) is 0 Å². The molecule has 0 unspecified atom stereocenters. The lowest BCUT2D eigenvalue weighted by Crippen LogP contribution is -2.12. The zero-order valence-electron chi connectivity index (χ0n) is 12.4. The van der Waals surface area contributed by atoms with Gasteiger partial charge >= 0.3 is 0 Å². The highest BCUT2D eigenvalue weighted by molar-refractivity contribution is 5.55. The zero-order valence-corrected chi connectivity index (χ0v) is 12.4. The maximum Gasteiger partial charge on any atom is 0.159 e. The monoisotopic (exact) mass is 254 g/mol. The van der Waals surface area contributed by atoms with Gasteiger partial charge in [0.15, 0.2) is 5.82 Å². The van der Waals surface area contributed by atoms with Gasteiger partial charge in [0.1, 0.15) is 0 Å². The van der Waals surface area contributed by atoms with E-state index in [-0.39, 0.29) is 5.41 Å². The van der Waals surface area contributed by atoms with Crippen molar-refractivity contribution in [2.75, 3.05) is 0 Å². The highest BCUT2D eigenvalue weighted by Crippen LogP contribution is 2.23. The van der Waals surface area contributed by atoms with Gasteiger partial charge in [0.2, 0.25) is 0 Å². The average Bonchev–Trinajstić information content (AvgIpc) is 2.38. The van der Waals surface area contributed by atoms with E-state index in [0.29, 0.717) is 5.92 Å². The first-order valence-electron chi connectivity index (χ1n) is 6.81. The van der Waals surface area contributed by atoms with Crippen LogP contribution in [0.25, 0.3) is 11.4 Å². The van der Waals surface area contributed by atoms with E-state index in [1.165, 1.54) is 5.56 Å². The van der Waals surface area contributed by atoms with Crippen molar-refractivity contribution in [3.05, 3.63) is 47.8 Å². The first kappa shape index (κ1) is 13.7. The summed E-state index contributed by atoms with van der Waals surface area (Å²) in [6.07, 6.45) is 3.86. The van der Waals surface area contributed by atoms with Crippen molar-refractivity contribution in [1.29, 1.82) is 0 Å². The van der Waals surface area contributed by atoms with Gasteiger partial charge in [-0.05, 0) is 22.5 Å². The van der Waals surface area contributed by atoms with Crippen LogP contribution in [0.5, 0.6) is 0 Å². The second kappa shape index (κ2) is 5.12. The Morgan fingerprint density at radius 1 is 0.895 bits per heavy atom. The number of nitrogens with zero attached hydrogens (tertiary/aromatic N) is 2. The summed E-state index contributed by atoms with van der Waals surface area (Å²) in [5.41, 5.74) is 3.68. The quantitative estimate of drug-likeness (QED) is 0.785. The Kier molecular flexibility index (Phi) is 3.70. The molecule has 0 saturated heterocycles. The fourth-order valence-electron chi connectivity index (χ4n) is 1.88. The summed E-state index contributed by atoms with van der Waals surface area (Å²) in [7, 11) is 0. The zero-order chi connectivity index (χ0) is 14.0. The van der Waals surface area contributed by atoms with Crippen LogP contribution in [0.1, 0.15) is 51.7 Å². The minimum absolute atomic E-state index is 0.0973. The topological polar surface area (TPSA) is 25.8 Å². The lowest BCUT2D eigenvalue weighted by atomic mass is 9.89. The summed E-state index contributed by atoms with van der Waals surface area (Å²) in [4.78, 5) is 8.96. The first-order chi connectivity index (χ1) is 8.88. The smallest absolute Gasteiger partial charge is 0.159 e. The van der Waals surface area contributed by atoms with Crippen LogP contribution in [-0.4, -0.2) is 9.97 Å². The van der Waals surface area contributed by atoms with E-state index >= 15 is 0 Å². The molecule has 0 amide bonds. The molecule has 0 atom stereocenters. The molecule has 2 heteroatoms. The predicted molar refractivity (Wildman–Crippen MR) is 80.3 cm³/mol. The molecule has 100 valence electrons. The summed E-state index contributed by atoms with van der Waals surface area (Å²) in [5.74, 6) is 1.35. The van der Waals surface area contributed by atoms with Crippen LogP contribution in [0, 0.1) is 0 Å². The Hall–Kier alpha value is -1.70. The molecule has 0 spiro atoms. The van der Waals surface area contributed by atoms with Gasteiger partial charge in [0.25, 0.3) is 0 Å². The van der Waals surface area contributed by atoms with E-state index in [9.17, 15) is 0 Å². The summed E-state index contributed by atoms with van der Waals surface area (Å²) >= 11 is 0. The van der Waals surface area contributed by atoms with E-state index in [1.54, 1.807) is 0 Å². The normalized spacial score (nSPS) is 11.9. The predicted octanol–water partition coefficient (Wildman–Crippen LogP) is 4.56. The van der Waals surface area contributed by atoms with Crippen molar-refractivity contribution in [2.45, 2.75) is 46.0 Å². The van der Waals surface area contributed by atoms with Crippen LogP contribution in [0.3, 0.4) is 0 Å². The van der Waals surface area contributed by atoms with E-state index in [0.717, 1.165) is 17.0 Å². The molecule has 1 heterocycles. The van der Waals surface area contributed by atoms with E-state index in [2.05, 4.69) is 68.9 Å². The minimum Gasteiger partial charge on any atom is -0.236 e. The maximum atomic E-state index is 4.48. The molecule has 1 aromatic carbocycles. The Balaban J connectivity index is 2.27. The molecule has 0 aliphatic rings. The lowest BCUT2D eigenvalue weighted by Gasteiger charge is -2.17. The molecule has 19 heavy (non-hydrogen) atoms. The van der Waals surface area contributed by atoms with E-state index in [1.807, 2.05) is 12.4 Å². The molecule has 2 rings (SSSR count). The summed E-state index contributed by atoms with van der Waals surface area (Å²) in [5, 5.41) is 0. The van der Waals surface area contributed by atoms with Crippen molar-refractivity contribution in [2.24, 2.45) is 0 Å². The molecular formula is C17H22N2. The SMILES string of the molecule is CC(C)c1ccc(-c2ncc(C(C)(C)C)cn2)cc1. The van der Waals surface area contributed by atoms with Crippen LogP contribution in [0.15, 0.2) is 36.7 Å². The second-order valence-corrected chi connectivity index (χ2v) is 6.32. The number of hydrogen-bond acceptors (Lipinski definition) is 2. The number of hydrogen-bond donors (Lipinski definition) is 0. The highest BCUT2D eigenvalue weighted by atomic mass is 14.9. The summed E-state index contributed by atoms with van der Waals surface area (Å²) in [6.45, 7) is 10.9. The minimum atomic E-state index is 0.0973. The van der Waals surface area contributed by atoms with E-state index < -0.39 is 0 Å². The molecule has 0 N–H and O–H groups in total. The maximum absolute atomic E-state index is 4.48. The van der Waals surface area contributed by atoms with Gasteiger partial charge in [-0.25, -0.2) is 9.97 Å². The molecule has 1 aromatic heterocycles. The Bertz CT molecular complexity index is 531. The standard InChI is InChI=1S/C17H22N2/c1-12(2)13-6-8-14(9-7-13)16-18-10-15(11-19-16)17(3,4)5/h6-12H,1-5H3. The van der Waals surface area contributed by atoms with Crippen molar-refractivity contribution in [3.8, 4) is 11.4 Å². The number of rotatable bonds is 2. The van der Waals surface area contributed by atoms with Gasteiger partial charge in [0.05, 0.1) is 0 Å². The Labute approximate surface area is 115 Å². The lowest BCUT2D eigenvalue weighted by molar-refractivity contribution is 0.584. The second-order valence-electron chi connectivity index (χ2n) is 6.32. The van der Waals surface area contributed by atoms with Gasteiger partial charge in [0, 0.05) is 18.0 Å². The third-order valence-electron chi connectivity index (χ3n) is 3.35. The molecule has 2 aromatic rings. The van der Waals surface area contributed by atoms with Crippen molar-refractivity contribution >= 4 is 0 Å². The van der Waals surface area contributed by atoms with Crippen molar-refractivity contribution in [1.82, 2.24) is 9.97 Å². The van der Waals surface area contributed by atoms with Crippen molar-refractivity contribution < 1.29 is 0 Å². The molecule has 0 bridgehead atoms. The summed E-state index contributed by atoms with van der Waals surface area (Å²) in [6, 6.07) is 8.50. The molecule has 0 aliphatic carbocycles. The third kappa shape index (κ3) is 3.19. The summed E-state index contributed by atoms with van der Waals surface area (Å²) < 4.78 is 0. The molecule has 2 nitrogen and oxygen atoms in total. The Morgan fingerprint density at radius 2 is 1.42 bits per heavy atom. The largest absolute Gasteiger partial charge is 0.236 e. The first-order valence-corrected chi connectivity index (χ1v) is 6.81. The molecule has 0 fully saturated rings. The van der Waals surface area contributed by atoms with Crippen LogP contribution in [-0.2, 0) is 5.41 Å². The highest BCUT2D eigenvalue weighted by Gasteiger charge is 2.14.